The molecular weight excluding hydrogens is 444 g/mol. The molecule has 0 aromatic heterocycles. The molecule has 0 amide bonds. The lowest BCUT2D eigenvalue weighted by molar-refractivity contribution is 0.0690. The summed E-state index contributed by atoms with van der Waals surface area (Å²) < 4.78 is 0. The average Bonchev–Trinajstić information content (AvgIpc) is 2.86. The average molecular weight is 473 g/mol. The molecule has 6 heteroatoms. The third-order valence-corrected chi connectivity index (χ3v) is 6.05. The first-order valence-electron chi connectivity index (χ1n) is 11.6. The lowest BCUT2D eigenvalue weighted by atomic mass is 9.89. The Kier molecular flexibility index (Phi) is 8.31. The van der Waals surface area contributed by atoms with E-state index in [4.69, 9.17) is 0 Å². The van der Waals surface area contributed by atoms with Gasteiger partial charge in [-0.2, -0.15) is 0 Å². The van der Waals surface area contributed by atoms with Crippen LogP contribution < -0.4 is 0 Å². The molecule has 0 saturated carbocycles. The second kappa shape index (κ2) is 11.4. The molecule has 2 N–H and O–H groups in total. The van der Waals surface area contributed by atoms with Gasteiger partial charge >= 0.3 is 11.9 Å². The Hall–Kier alpha value is -4.06. The lowest BCUT2D eigenvalue weighted by Gasteiger charge is -2.13. The molecule has 0 bridgehead atoms. The first-order valence-corrected chi connectivity index (χ1v) is 11.6. The van der Waals surface area contributed by atoms with Crippen LogP contribution >= 0.6 is 0 Å². The van der Waals surface area contributed by atoms with Crippen LogP contribution in [-0.4, -0.2) is 33.7 Å². The van der Waals surface area contributed by atoms with Crippen molar-refractivity contribution in [3.63, 3.8) is 0 Å². The van der Waals surface area contributed by atoms with Crippen LogP contribution in [-0.2, 0) is 6.42 Å². The van der Waals surface area contributed by atoms with Gasteiger partial charge in [0.05, 0.1) is 11.1 Å². The molecule has 3 rings (SSSR count). The van der Waals surface area contributed by atoms with Crippen molar-refractivity contribution in [3.8, 4) is 0 Å². The van der Waals surface area contributed by atoms with Gasteiger partial charge in [-0.1, -0.05) is 68.7 Å². The van der Waals surface area contributed by atoms with Gasteiger partial charge in [0.2, 0.25) is 0 Å². The molecule has 0 radical (unpaired) electrons. The fourth-order valence-electron chi connectivity index (χ4n) is 4.05. The highest BCUT2D eigenvalue weighted by atomic mass is 16.4. The number of ketones is 2. The first kappa shape index (κ1) is 25.6. The minimum atomic E-state index is -1.45. The standard InChI is InChI=1S/C29H28O6/c1-3-4-5-7-12-20-15-21(14-13-18(20)2)27(31)23-16-22(26(30)19-10-8-6-9-11-19)24(28(32)33)17-25(23)29(34)35/h6,8-11,13-17H,3-5,7,12H2,1-2H3,(H,32,33)(H,34,35). The van der Waals surface area contributed by atoms with Gasteiger partial charge in [-0.05, 0) is 49.1 Å². The van der Waals surface area contributed by atoms with Gasteiger partial charge < -0.3 is 10.2 Å². The number of unbranched alkanes of at least 4 members (excludes halogenated alkanes) is 3. The van der Waals surface area contributed by atoms with Crippen molar-refractivity contribution < 1.29 is 29.4 Å². The molecule has 0 unspecified atom stereocenters. The van der Waals surface area contributed by atoms with E-state index >= 15 is 0 Å². The van der Waals surface area contributed by atoms with Gasteiger partial charge in [0, 0.05) is 22.3 Å². The van der Waals surface area contributed by atoms with Crippen LogP contribution in [0.1, 0.15) is 96.3 Å². The van der Waals surface area contributed by atoms with Gasteiger partial charge in [0.15, 0.2) is 11.6 Å². The van der Waals surface area contributed by atoms with E-state index in [1.54, 1.807) is 30.3 Å². The molecule has 0 fully saturated rings. The minimum Gasteiger partial charge on any atom is -0.478 e. The summed E-state index contributed by atoms with van der Waals surface area (Å²) >= 11 is 0. The van der Waals surface area contributed by atoms with E-state index in [9.17, 15) is 29.4 Å². The zero-order valence-corrected chi connectivity index (χ0v) is 19.8. The summed E-state index contributed by atoms with van der Waals surface area (Å²) in [5, 5.41) is 19.4. The van der Waals surface area contributed by atoms with Gasteiger partial charge in [0.1, 0.15) is 0 Å². The van der Waals surface area contributed by atoms with Crippen LogP contribution in [0.15, 0.2) is 60.7 Å². The van der Waals surface area contributed by atoms with Crippen molar-refractivity contribution in [2.75, 3.05) is 0 Å². The Balaban J connectivity index is 2.09. The van der Waals surface area contributed by atoms with Crippen LogP contribution in [0.5, 0.6) is 0 Å². The monoisotopic (exact) mass is 472 g/mol. The van der Waals surface area contributed by atoms with Crippen molar-refractivity contribution in [1.29, 1.82) is 0 Å². The molecular formula is C29H28O6. The number of carboxylic acid groups (broad SMARTS) is 2. The van der Waals surface area contributed by atoms with Gasteiger partial charge in [0.25, 0.3) is 0 Å². The number of benzene rings is 3. The van der Waals surface area contributed by atoms with Crippen LogP contribution in [0.25, 0.3) is 0 Å². The van der Waals surface area contributed by atoms with Gasteiger partial charge in [-0.25, -0.2) is 9.59 Å². The van der Waals surface area contributed by atoms with Crippen molar-refractivity contribution in [3.05, 3.63) is 105 Å². The number of rotatable bonds is 11. The molecule has 6 nitrogen and oxygen atoms in total. The second-order valence-corrected chi connectivity index (χ2v) is 8.53. The number of aromatic carboxylic acids is 2. The predicted octanol–water partition coefficient (Wildman–Crippen LogP) is 5.98. The Morgan fingerprint density at radius 3 is 1.80 bits per heavy atom. The molecule has 0 aliphatic heterocycles. The maximum Gasteiger partial charge on any atom is 0.336 e. The van der Waals surface area contributed by atoms with E-state index in [-0.39, 0.29) is 16.7 Å². The number of aryl methyl sites for hydroxylation is 2. The highest BCUT2D eigenvalue weighted by Crippen LogP contribution is 2.25. The first-order chi connectivity index (χ1) is 16.7. The van der Waals surface area contributed by atoms with E-state index in [0.717, 1.165) is 55.4 Å². The molecule has 0 aliphatic rings. The Labute approximate surface area is 204 Å². The summed E-state index contributed by atoms with van der Waals surface area (Å²) in [6.45, 7) is 4.10. The normalized spacial score (nSPS) is 10.7. The zero-order chi connectivity index (χ0) is 25.5. The van der Waals surface area contributed by atoms with Gasteiger partial charge in [-0.15, -0.1) is 0 Å². The Morgan fingerprint density at radius 2 is 1.23 bits per heavy atom. The van der Waals surface area contributed by atoms with Crippen molar-refractivity contribution in [1.82, 2.24) is 0 Å². The van der Waals surface area contributed by atoms with E-state index in [1.807, 2.05) is 13.0 Å². The molecule has 0 aliphatic carbocycles. The molecule has 0 heterocycles. The second-order valence-electron chi connectivity index (χ2n) is 8.53. The molecule has 3 aromatic rings. The van der Waals surface area contributed by atoms with E-state index < -0.39 is 34.6 Å². The van der Waals surface area contributed by atoms with Crippen LogP contribution in [0.2, 0.25) is 0 Å². The molecule has 0 saturated heterocycles. The topological polar surface area (TPSA) is 109 Å². The quantitative estimate of drug-likeness (QED) is 0.263. The third kappa shape index (κ3) is 5.90. The largest absolute Gasteiger partial charge is 0.478 e. The summed E-state index contributed by atoms with van der Waals surface area (Å²) in [7, 11) is 0. The van der Waals surface area contributed by atoms with Crippen molar-refractivity contribution in [2.45, 2.75) is 46.0 Å². The van der Waals surface area contributed by atoms with Crippen LogP contribution in [0.3, 0.4) is 0 Å². The maximum atomic E-state index is 13.5. The van der Waals surface area contributed by atoms with E-state index in [1.165, 1.54) is 12.1 Å². The third-order valence-electron chi connectivity index (χ3n) is 6.05. The summed E-state index contributed by atoms with van der Waals surface area (Å²) in [5.41, 5.74) is 1.21. The molecule has 180 valence electrons. The van der Waals surface area contributed by atoms with Crippen LogP contribution in [0.4, 0.5) is 0 Å². The summed E-state index contributed by atoms with van der Waals surface area (Å²) in [4.78, 5) is 50.5. The molecule has 0 atom stereocenters. The van der Waals surface area contributed by atoms with E-state index in [2.05, 4.69) is 6.92 Å². The molecule has 35 heavy (non-hydrogen) atoms. The predicted molar refractivity (Wildman–Crippen MR) is 133 cm³/mol. The van der Waals surface area contributed by atoms with E-state index in [0.29, 0.717) is 5.56 Å². The zero-order valence-electron chi connectivity index (χ0n) is 19.8. The fourth-order valence-corrected chi connectivity index (χ4v) is 4.05. The number of carbonyl (C=O) groups is 4. The summed E-state index contributed by atoms with van der Waals surface area (Å²) in [6.07, 6.45) is 5.11. The summed E-state index contributed by atoms with van der Waals surface area (Å²) in [6, 6.07) is 15.3. The summed E-state index contributed by atoms with van der Waals surface area (Å²) in [5.74, 6) is -4.07. The lowest BCUT2D eigenvalue weighted by Crippen LogP contribution is -2.17. The smallest absolute Gasteiger partial charge is 0.336 e. The number of hydrogen-bond acceptors (Lipinski definition) is 4. The Bertz CT molecular complexity index is 1270. The van der Waals surface area contributed by atoms with Crippen molar-refractivity contribution in [2.24, 2.45) is 0 Å². The van der Waals surface area contributed by atoms with Gasteiger partial charge in [-0.3, -0.25) is 9.59 Å². The van der Waals surface area contributed by atoms with Crippen molar-refractivity contribution >= 4 is 23.5 Å². The number of hydrogen-bond donors (Lipinski definition) is 2. The SMILES string of the molecule is CCCCCCc1cc(C(=O)c2cc(C(=O)c3ccccc3)c(C(=O)O)cc2C(=O)O)ccc1C. The number of carbonyl (C=O) groups excluding carboxylic acids is 2. The number of carboxylic acids is 2. The highest BCUT2D eigenvalue weighted by molar-refractivity contribution is 6.20. The highest BCUT2D eigenvalue weighted by Gasteiger charge is 2.27. The molecule has 3 aromatic carbocycles. The fraction of sp³-hybridized carbons (Fsp3) is 0.241. The van der Waals surface area contributed by atoms with Crippen LogP contribution in [0, 0.1) is 6.92 Å². The minimum absolute atomic E-state index is 0.220. The Morgan fingerprint density at radius 1 is 0.657 bits per heavy atom. The molecule has 0 spiro atoms. The maximum absolute atomic E-state index is 13.5.